The third-order valence-electron chi connectivity index (χ3n) is 10.7. The summed E-state index contributed by atoms with van der Waals surface area (Å²) in [6.07, 6.45) is 0. The molecule has 5 nitrogen and oxygen atoms in total. The maximum atomic E-state index is 6.28. The predicted molar refractivity (Wildman–Crippen MR) is 229 cm³/mol. The fourth-order valence-corrected chi connectivity index (χ4v) is 8.08. The fourth-order valence-electron chi connectivity index (χ4n) is 8.08. The van der Waals surface area contributed by atoms with Crippen LogP contribution in [0.3, 0.4) is 0 Å². The van der Waals surface area contributed by atoms with Gasteiger partial charge in [-0.05, 0) is 58.7 Å². The van der Waals surface area contributed by atoms with Gasteiger partial charge in [0.15, 0.2) is 17.5 Å². The van der Waals surface area contributed by atoms with Crippen LogP contribution in [0.25, 0.3) is 106 Å². The SMILES string of the molecule is c1ccc(-c2ccc(-c3nc(-c4ccccc4)nc(-c4cccc5c6ccccc6n(-c6cccc(-c7cccc8oc9ccccc9c78)c6)c45)n3)cc2)cc1. The summed E-state index contributed by atoms with van der Waals surface area (Å²) < 4.78 is 8.64. The summed E-state index contributed by atoms with van der Waals surface area (Å²) in [7, 11) is 0. The van der Waals surface area contributed by atoms with Gasteiger partial charge in [-0.2, -0.15) is 0 Å². The van der Waals surface area contributed by atoms with Crippen LogP contribution in [0.2, 0.25) is 0 Å². The quantitative estimate of drug-likeness (QED) is 0.172. The largest absolute Gasteiger partial charge is 0.456 e. The Labute approximate surface area is 322 Å². The molecule has 3 aromatic heterocycles. The third kappa shape index (κ3) is 5.29. The van der Waals surface area contributed by atoms with E-state index in [4.69, 9.17) is 19.4 Å². The predicted octanol–water partition coefficient (Wildman–Crippen LogP) is 13.2. The standard InChI is InChI=1S/C51H32N4O/c1-3-14-33(15-4-1)34-28-30-36(31-29-34)50-52-49(35-16-5-2-6-17-35)53-51(54-50)43-24-12-23-41-40-20-7-9-25-44(40)55(48(41)43)38-19-11-18-37(32-38)39-22-13-27-46-47(39)42-21-8-10-26-45(42)56-46/h1-32H. The van der Waals surface area contributed by atoms with E-state index in [9.17, 15) is 0 Å². The van der Waals surface area contributed by atoms with Gasteiger partial charge in [-0.25, -0.2) is 15.0 Å². The monoisotopic (exact) mass is 716 g/mol. The normalized spacial score (nSPS) is 11.6. The lowest BCUT2D eigenvalue weighted by Crippen LogP contribution is -2.02. The van der Waals surface area contributed by atoms with E-state index in [0.29, 0.717) is 17.5 Å². The minimum atomic E-state index is 0.612. The molecule has 0 spiro atoms. The molecule has 0 unspecified atom stereocenters. The molecule has 11 aromatic rings. The zero-order valence-electron chi connectivity index (χ0n) is 30.2. The highest BCUT2D eigenvalue weighted by atomic mass is 16.3. The van der Waals surface area contributed by atoms with Gasteiger partial charge in [0.05, 0.1) is 11.0 Å². The zero-order chi connectivity index (χ0) is 37.0. The molecule has 0 aliphatic carbocycles. The maximum absolute atomic E-state index is 6.28. The summed E-state index contributed by atoms with van der Waals surface area (Å²) in [6, 6.07) is 67.4. The molecule has 56 heavy (non-hydrogen) atoms. The number of furan rings is 1. The topological polar surface area (TPSA) is 56.7 Å². The lowest BCUT2D eigenvalue weighted by atomic mass is 9.99. The van der Waals surface area contributed by atoms with Crippen molar-refractivity contribution in [2.24, 2.45) is 0 Å². The first-order valence-electron chi connectivity index (χ1n) is 18.8. The first-order chi connectivity index (χ1) is 27.8. The molecule has 0 saturated heterocycles. The molecule has 0 amide bonds. The summed E-state index contributed by atoms with van der Waals surface area (Å²) >= 11 is 0. The molecule has 262 valence electrons. The highest BCUT2D eigenvalue weighted by Gasteiger charge is 2.21. The first kappa shape index (κ1) is 31.9. The van der Waals surface area contributed by atoms with Crippen molar-refractivity contribution >= 4 is 43.7 Å². The van der Waals surface area contributed by atoms with Crippen molar-refractivity contribution in [1.29, 1.82) is 0 Å². The number of hydrogen-bond donors (Lipinski definition) is 0. The summed E-state index contributed by atoms with van der Waals surface area (Å²) in [5.41, 5.74) is 12.3. The maximum Gasteiger partial charge on any atom is 0.166 e. The smallest absolute Gasteiger partial charge is 0.166 e. The van der Waals surface area contributed by atoms with Crippen LogP contribution in [-0.2, 0) is 0 Å². The van der Waals surface area contributed by atoms with E-state index in [0.717, 1.165) is 82.8 Å². The van der Waals surface area contributed by atoms with E-state index in [1.165, 1.54) is 5.56 Å². The number of benzene rings is 8. The van der Waals surface area contributed by atoms with Crippen LogP contribution >= 0.6 is 0 Å². The van der Waals surface area contributed by atoms with E-state index < -0.39 is 0 Å². The van der Waals surface area contributed by atoms with E-state index in [2.05, 4.69) is 144 Å². The number of rotatable bonds is 6. The Bertz CT molecular complexity index is 3240. The van der Waals surface area contributed by atoms with E-state index in [1.807, 2.05) is 54.6 Å². The molecule has 0 radical (unpaired) electrons. The van der Waals surface area contributed by atoms with Gasteiger partial charge in [0.25, 0.3) is 0 Å². The molecule has 0 saturated carbocycles. The van der Waals surface area contributed by atoms with Gasteiger partial charge in [-0.3, -0.25) is 0 Å². The molecule has 0 bridgehead atoms. The van der Waals surface area contributed by atoms with Gasteiger partial charge >= 0.3 is 0 Å². The minimum absolute atomic E-state index is 0.612. The molecule has 0 fully saturated rings. The van der Waals surface area contributed by atoms with Gasteiger partial charge in [0.1, 0.15) is 11.2 Å². The van der Waals surface area contributed by atoms with Crippen molar-refractivity contribution in [2.75, 3.05) is 0 Å². The van der Waals surface area contributed by atoms with Gasteiger partial charge in [-0.1, -0.05) is 158 Å². The lowest BCUT2D eigenvalue weighted by molar-refractivity contribution is 0.669. The highest BCUT2D eigenvalue weighted by molar-refractivity contribution is 6.14. The Morgan fingerprint density at radius 1 is 0.357 bits per heavy atom. The molecule has 0 N–H and O–H groups in total. The summed E-state index contributed by atoms with van der Waals surface area (Å²) in [5, 5.41) is 4.51. The van der Waals surface area contributed by atoms with Crippen molar-refractivity contribution in [2.45, 2.75) is 0 Å². The third-order valence-corrected chi connectivity index (χ3v) is 10.7. The Hall–Kier alpha value is -7.63. The zero-order valence-corrected chi connectivity index (χ0v) is 30.2. The second kappa shape index (κ2) is 13.0. The average molecular weight is 717 g/mol. The van der Waals surface area contributed by atoms with E-state index in [-0.39, 0.29) is 0 Å². The number of para-hydroxylation sites is 3. The first-order valence-corrected chi connectivity index (χ1v) is 18.8. The van der Waals surface area contributed by atoms with Crippen LogP contribution in [0, 0.1) is 0 Å². The lowest BCUT2D eigenvalue weighted by Gasteiger charge is -2.14. The van der Waals surface area contributed by atoms with Crippen LogP contribution in [-0.4, -0.2) is 19.5 Å². The molecular formula is C51H32N4O. The van der Waals surface area contributed by atoms with Crippen LogP contribution in [0.15, 0.2) is 199 Å². The Morgan fingerprint density at radius 3 is 1.70 bits per heavy atom. The number of fused-ring (bicyclic) bond motifs is 6. The van der Waals surface area contributed by atoms with E-state index >= 15 is 0 Å². The molecule has 0 atom stereocenters. The summed E-state index contributed by atoms with van der Waals surface area (Å²) in [5.74, 6) is 1.86. The molecule has 3 heterocycles. The fraction of sp³-hybridized carbons (Fsp3) is 0. The van der Waals surface area contributed by atoms with Gasteiger partial charge < -0.3 is 8.98 Å². The Kier molecular flexibility index (Phi) is 7.42. The molecule has 8 aromatic carbocycles. The number of nitrogens with zero attached hydrogens (tertiary/aromatic N) is 4. The Balaban J connectivity index is 1.13. The van der Waals surface area contributed by atoms with Crippen molar-refractivity contribution in [1.82, 2.24) is 19.5 Å². The second-order valence-corrected chi connectivity index (χ2v) is 14.0. The van der Waals surface area contributed by atoms with E-state index in [1.54, 1.807) is 0 Å². The van der Waals surface area contributed by atoms with Crippen LogP contribution < -0.4 is 0 Å². The minimum Gasteiger partial charge on any atom is -0.456 e. The molecule has 0 aliphatic rings. The van der Waals surface area contributed by atoms with Crippen LogP contribution in [0.5, 0.6) is 0 Å². The molecule has 0 aliphatic heterocycles. The van der Waals surface area contributed by atoms with Gasteiger partial charge in [-0.15, -0.1) is 0 Å². The van der Waals surface area contributed by atoms with Crippen molar-refractivity contribution < 1.29 is 4.42 Å². The molecular weight excluding hydrogens is 685 g/mol. The Morgan fingerprint density at radius 2 is 0.893 bits per heavy atom. The van der Waals surface area contributed by atoms with Crippen molar-refractivity contribution in [3.05, 3.63) is 194 Å². The second-order valence-electron chi connectivity index (χ2n) is 14.0. The number of aromatic nitrogens is 4. The molecule has 11 rings (SSSR count). The van der Waals surface area contributed by atoms with Crippen molar-refractivity contribution in [3.63, 3.8) is 0 Å². The van der Waals surface area contributed by atoms with Crippen LogP contribution in [0.1, 0.15) is 0 Å². The summed E-state index contributed by atoms with van der Waals surface area (Å²) in [4.78, 5) is 15.5. The molecule has 5 heteroatoms. The van der Waals surface area contributed by atoms with Gasteiger partial charge in [0.2, 0.25) is 0 Å². The van der Waals surface area contributed by atoms with Crippen molar-refractivity contribution in [3.8, 4) is 62.1 Å². The number of hydrogen-bond acceptors (Lipinski definition) is 4. The summed E-state index contributed by atoms with van der Waals surface area (Å²) in [6.45, 7) is 0. The average Bonchev–Trinajstić information content (AvgIpc) is 3.83. The van der Waals surface area contributed by atoms with Gasteiger partial charge in [0, 0.05) is 43.9 Å². The van der Waals surface area contributed by atoms with Crippen LogP contribution in [0.4, 0.5) is 0 Å². The highest BCUT2D eigenvalue weighted by Crippen LogP contribution is 2.41.